The highest BCUT2D eigenvalue weighted by Gasteiger charge is 2.17. The van der Waals surface area contributed by atoms with Gasteiger partial charge < -0.3 is 15.4 Å². The molecule has 1 aromatic carbocycles. The summed E-state index contributed by atoms with van der Waals surface area (Å²) in [5.74, 6) is 0.157. The molecular weight excluding hydrogens is 340 g/mol. The smallest absolute Gasteiger partial charge is 0.274 e. The molecule has 132 valence electrons. The Balaban J connectivity index is 1.70. The third kappa shape index (κ3) is 4.67. The lowest BCUT2D eigenvalue weighted by atomic mass is 10.2. The van der Waals surface area contributed by atoms with Crippen molar-refractivity contribution in [1.29, 1.82) is 0 Å². The van der Waals surface area contributed by atoms with Gasteiger partial charge in [-0.2, -0.15) is 0 Å². The van der Waals surface area contributed by atoms with Crippen molar-refractivity contribution < 1.29 is 9.53 Å². The Bertz CT molecular complexity index is 776. The number of halogens is 1. The topological polar surface area (TPSA) is 76.1 Å². The highest BCUT2D eigenvalue weighted by molar-refractivity contribution is 6.30. The van der Waals surface area contributed by atoms with Crippen LogP contribution in [0, 0.1) is 13.8 Å². The molecule has 2 aromatic rings. The second-order valence-corrected chi connectivity index (χ2v) is 6.58. The lowest BCUT2D eigenvalue weighted by Gasteiger charge is -2.12. The van der Waals surface area contributed by atoms with Crippen molar-refractivity contribution in [3.05, 3.63) is 46.2 Å². The summed E-state index contributed by atoms with van der Waals surface area (Å²) in [5, 5.41) is 6.66. The molecule has 1 aromatic heterocycles. The van der Waals surface area contributed by atoms with E-state index in [1.165, 1.54) is 0 Å². The second kappa shape index (κ2) is 7.80. The van der Waals surface area contributed by atoms with Crippen molar-refractivity contribution in [2.24, 2.45) is 0 Å². The summed E-state index contributed by atoms with van der Waals surface area (Å²) in [6, 6.07) is 6.99. The minimum absolute atomic E-state index is 0.179. The first-order valence-electron chi connectivity index (χ1n) is 8.30. The number of nitrogens with one attached hydrogen (secondary N) is 2. The zero-order chi connectivity index (χ0) is 17.8. The number of aromatic nitrogens is 2. The van der Waals surface area contributed by atoms with Gasteiger partial charge in [0.05, 0.1) is 6.10 Å². The van der Waals surface area contributed by atoms with Gasteiger partial charge >= 0.3 is 0 Å². The van der Waals surface area contributed by atoms with Crippen LogP contribution in [0.4, 0.5) is 11.6 Å². The van der Waals surface area contributed by atoms with Crippen molar-refractivity contribution in [1.82, 2.24) is 9.97 Å². The fraction of sp³-hybridized carbons (Fsp3) is 0.389. The summed E-state index contributed by atoms with van der Waals surface area (Å²) < 4.78 is 5.58. The summed E-state index contributed by atoms with van der Waals surface area (Å²) in [6.07, 6.45) is 2.29. The predicted molar refractivity (Wildman–Crippen MR) is 98.4 cm³/mol. The number of anilines is 2. The van der Waals surface area contributed by atoms with Gasteiger partial charge in [-0.3, -0.25) is 4.79 Å². The standard InChI is InChI=1S/C18H21ClN4O2/c1-11-8-13(19)5-6-15(11)22-17(24)16-9-12(2)21-18(23-16)20-10-14-4-3-7-25-14/h5-6,8-9,14H,3-4,7,10H2,1-2H3,(H,22,24)(H,20,21,23). The van der Waals surface area contributed by atoms with Crippen LogP contribution in [0.1, 0.15) is 34.6 Å². The lowest BCUT2D eigenvalue weighted by Crippen LogP contribution is -2.21. The third-order valence-electron chi connectivity index (χ3n) is 4.04. The van der Waals surface area contributed by atoms with E-state index < -0.39 is 0 Å². The van der Waals surface area contributed by atoms with Crippen molar-refractivity contribution in [2.45, 2.75) is 32.8 Å². The van der Waals surface area contributed by atoms with Crippen LogP contribution in [0.3, 0.4) is 0 Å². The first-order chi connectivity index (χ1) is 12.0. The maximum Gasteiger partial charge on any atom is 0.274 e. The van der Waals surface area contributed by atoms with Gasteiger partial charge in [0.2, 0.25) is 5.95 Å². The van der Waals surface area contributed by atoms with Gasteiger partial charge in [-0.1, -0.05) is 11.6 Å². The normalized spacial score (nSPS) is 16.7. The first kappa shape index (κ1) is 17.6. The Kier molecular flexibility index (Phi) is 5.50. The van der Waals surface area contributed by atoms with Crippen molar-refractivity contribution in [2.75, 3.05) is 23.8 Å². The molecule has 0 bridgehead atoms. The molecule has 6 nitrogen and oxygen atoms in total. The van der Waals surface area contributed by atoms with E-state index in [1.54, 1.807) is 24.3 Å². The van der Waals surface area contributed by atoms with Gasteiger partial charge in [0, 0.05) is 29.6 Å². The number of hydrogen-bond donors (Lipinski definition) is 2. The van der Waals surface area contributed by atoms with E-state index in [0.717, 1.165) is 30.7 Å². The zero-order valence-electron chi connectivity index (χ0n) is 14.3. The Morgan fingerprint density at radius 1 is 1.32 bits per heavy atom. The molecule has 1 unspecified atom stereocenters. The van der Waals surface area contributed by atoms with Crippen LogP contribution in [-0.4, -0.2) is 35.1 Å². The predicted octanol–water partition coefficient (Wildman–Crippen LogP) is 3.59. The fourth-order valence-corrected chi connectivity index (χ4v) is 2.95. The molecule has 1 aliphatic heterocycles. The van der Waals surface area contributed by atoms with Crippen molar-refractivity contribution >= 4 is 29.1 Å². The number of aryl methyl sites for hydroxylation is 2. The third-order valence-corrected chi connectivity index (χ3v) is 4.27. The van der Waals surface area contributed by atoms with E-state index in [-0.39, 0.29) is 12.0 Å². The number of hydrogen-bond acceptors (Lipinski definition) is 5. The SMILES string of the molecule is Cc1cc(C(=O)Nc2ccc(Cl)cc2C)nc(NCC2CCCO2)n1. The quantitative estimate of drug-likeness (QED) is 0.852. The maximum absolute atomic E-state index is 12.5. The van der Waals surface area contributed by atoms with Crippen LogP contribution < -0.4 is 10.6 Å². The summed E-state index contributed by atoms with van der Waals surface area (Å²) in [7, 11) is 0. The average Bonchev–Trinajstić information content (AvgIpc) is 3.08. The Morgan fingerprint density at radius 2 is 2.16 bits per heavy atom. The minimum atomic E-state index is -0.281. The van der Waals surface area contributed by atoms with Crippen molar-refractivity contribution in [3.63, 3.8) is 0 Å². The van der Waals surface area contributed by atoms with Crippen LogP contribution >= 0.6 is 11.6 Å². The van der Waals surface area contributed by atoms with Crippen LogP contribution in [-0.2, 0) is 4.74 Å². The van der Waals surface area contributed by atoms with E-state index in [0.29, 0.717) is 28.9 Å². The van der Waals surface area contributed by atoms with E-state index >= 15 is 0 Å². The number of rotatable bonds is 5. The second-order valence-electron chi connectivity index (χ2n) is 6.15. The van der Waals surface area contributed by atoms with Gasteiger partial charge in [-0.25, -0.2) is 9.97 Å². The summed E-state index contributed by atoms with van der Waals surface area (Å²) in [6.45, 7) is 5.17. The first-order valence-corrected chi connectivity index (χ1v) is 8.68. The summed E-state index contributed by atoms with van der Waals surface area (Å²) >= 11 is 5.95. The summed E-state index contributed by atoms with van der Waals surface area (Å²) in [4.78, 5) is 21.2. The Hall–Kier alpha value is -2.18. The molecule has 0 spiro atoms. The van der Waals surface area contributed by atoms with Gasteiger partial charge in [0.1, 0.15) is 5.69 Å². The molecule has 2 N–H and O–H groups in total. The molecule has 7 heteroatoms. The number of carbonyl (C=O) groups excluding carboxylic acids is 1. The molecule has 2 heterocycles. The van der Waals surface area contributed by atoms with Crippen LogP contribution in [0.15, 0.2) is 24.3 Å². The van der Waals surface area contributed by atoms with Gasteiger partial charge in [0.15, 0.2) is 0 Å². The molecule has 0 aliphatic carbocycles. The minimum Gasteiger partial charge on any atom is -0.376 e. The summed E-state index contributed by atoms with van der Waals surface area (Å²) in [5.41, 5.74) is 2.64. The largest absolute Gasteiger partial charge is 0.376 e. The monoisotopic (exact) mass is 360 g/mol. The average molecular weight is 361 g/mol. The number of nitrogens with zero attached hydrogens (tertiary/aromatic N) is 2. The van der Waals surface area contributed by atoms with Crippen molar-refractivity contribution in [3.8, 4) is 0 Å². The fourth-order valence-electron chi connectivity index (χ4n) is 2.73. The molecule has 1 aliphatic rings. The number of carbonyl (C=O) groups is 1. The van der Waals surface area contributed by atoms with E-state index in [4.69, 9.17) is 16.3 Å². The lowest BCUT2D eigenvalue weighted by molar-refractivity contribution is 0.102. The molecule has 0 saturated carbocycles. The van der Waals surface area contributed by atoms with Crippen LogP contribution in [0.5, 0.6) is 0 Å². The Morgan fingerprint density at radius 3 is 2.88 bits per heavy atom. The molecule has 1 fully saturated rings. The number of amides is 1. The number of ether oxygens (including phenoxy) is 1. The van der Waals surface area contributed by atoms with E-state index in [2.05, 4.69) is 20.6 Å². The van der Waals surface area contributed by atoms with E-state index in [1.807, 2.05) is 13.8 Å². The Labute approximate surface area is 152 Å². The van der Waals surface area contributed by atoms with Crippen LogP contribution in [0.2, 0.25) is 5.02 Å². The maximum atomic E-state index is 12.5. The molecule has 0 radical (unpaired) electrons. The van der Waals surface area contributed by atoms with Crippen LogP contribution in [0.25, 0.3) is 0 Å². The molecule has 3 rings (SSSR count). The molecule has 1 amide bonds. The van der Waals surface area contributed by atoms with E-state index in [9.17, 15) is 4.79 Å². The van der Waals surface area contributed by atoms with Gasteiger partial charge in [0.25, 0.3) is 5.91 Å². The number of benzene rings is 1. The molecule has 25 heavy (non-hydrogen) atoms. The molecule has 1 atom stereocenters. The molecular formula is C18H21ClN4O2. The molecule has 1 saturated heterocycles. The van der Waals surface area contributed by atoms with Gasteiger partial charge in [-0.05, 0) is 56.5 Å². The highest BCUT2D eigenvalue weighted by atomic mass is 35.5. The zero-order valence-corrected chi connectivity index (χ0v) is 15.1. The van der Waals surface area contributed by atoms with Gasteiger partial charge in [-0.15, -0.1) is 0 Å². The highest BCUT2D eigenvalue weighted by Crippen LogP contribution is 2.20.